The fourth-order valence-electron chi connectivity index (χ4n) is 1.73. The van der Waals surface area contributed by atoms with Gasteiger partial charge in [-0.25, -0.2) is 4.68 Å². The van der Waals surface area contributed by atoms with Gasteiger partial charge in [0.15, 0.2) is 0 Å². The van der Waals surface area contributed by atoms with Gasteiger partial charge in [-0.05, 0) is 24.3 Å². The summed E-state index contributed by atoms with van der Waals surface area (Å²) in [6.07, 6.45) is 0. The maximum atomic E-state index is 8.77. The van der Waals surface area contributed by atoms with Crippen molar-refractivity contribution in [3.8, 4) is 23.1 Å². The van der Waals surface area contributed by atoms with E-state index in [-0.39, 0.29) is 13.1 Å². The molecule has 92 valence electrons. The highest BCUT2D eigenvalue weighted by Crippen LogP contribution is 2.24. The lowest BCUT2D eigenvalue weighted by molar-refractivity contribution is 0.415. The van der Waals surface area contributed by atoms with E-state index < -0.39 is 0 Å². The molecule has 0 bridgehead atoms. The number of nitrogens with zero attached hydrogens (tertiary/aromatic N) is 4. The van der Waals surface area contributed by atoms with E-state index in [9.17, 15) is 0 Å². The minimum atomic E-state index is 0.147. The summed E-state index contributed by atoms with van der Waals surface area (Å²) in [5, 5.41) is 16.7. The zero-order valence-electron chi connectivity index (χ0n) is 10.00. The summed E-state index contributed by atoms with van der Waals surface area (Å²) in [6, 6.07) is 9.53. The average molecular weight is 243 g/mol. The first-order valence-electron chi connectivity index (χ1n) is 5.44. The molecule has 1 aromatic heterocycles. The van der Waals surface area contributed by atoms with E-state index in [1.54, 1.807) is 11.8 Å². The Morgan fingerprint density at radius 2 is 2.11 bits per heavy atom. The molecule has 0 fully saturated rings. The van der Waals surface area contributed by atoms with Crippen molar-refractivity contribution in [3.63, 3.8) is 0 Å². The molecule has 0 spiro atoms. The molecule has 6 nitrogen and oxygen atoms in total. The number of ether oxygens (including phenoxy) is 1. The van der Waals surface area contributed by atoms with Crippen LogP contribution in [0.5, 0.6) is 5.75 Å². The predicted molar refractivity (Wildman–Crippen MR) is 65.5 cm³/mol. The third-order valence-corrected chi connectivity index (χ3v) is 2.58. The number of aromatic nitrogens is 3. The number of nitriles is 1. The van der Waals surface area contributed by atoms with E-state index in [2.05, 4.69) is 10.3 Å². The molecule has 0 saturated heterocycles. The van der Waals surface area contributed by atoms with Gasteiger partial charge in [0.2, 0.25) is 0 Å². The molecule has 0 aliphatic heterocycles. The van der Waals surface area contributed by atoms with Crippen LogP contribution in [0.25, 0.3) is 11.3 Å². The molecule has 2 rings (SSSR count). The summed E-state index contributed by atoms with van der Waals surface area (Å²) in [4.78, 5) is 0. The van der Waals surface area contributed by atoms with Crippen molar-refractivity contribution in [3.05, 3.63) is 30.0 Å². The Balaban J connectivity index is 2.47. The van der Waals surface area contributed by atoms with Crippen LogP contribution in [0.2, 0.25) is 0 Å². The van der Waals surface area contributed by atoms with Gasteiger partial charge in [0.05, 0.1) is 18.9 Å². The number of rotatable bonds is 4. The maximum absolute atomic E-state index is 8.77. The lowest BCUT2D eigenvalue weighted by Gasteiger charge is -2.06. The third kappa shape index (κ3) is 2.17. The Hall–Kier alpha value is -2.39. The standard InChI is InChI=1S/C12H13N5O/c1-18-10-4-2-9(3-5-10)12-11(8-14)15-16-17(12)7-6-13/h2-5H,7-8,14H2,1H3. The van der Waals surface area contributed by atoms with Crippen LogP contribution in [0.1, 0.15) is 5.69 Å². The summed E-state index contributed by atoms with van der Waals surface area (Å²) in [5.74, 6) is 0.771. The summed E-state index contributed by atoms with van der Waals surface area (Å²) in [7, 11) is 1.61. The second kappa shape index (κ2) is 5.29. The van der Waals surface area contributed by atoms with Crippen LogP contribution in [0, 0.1) is 11.3 Å². The first kappa shape index (κ1) is 12.1. The predicted octanol–water partition coefficient (Wildman–Crippen LogP) is 0.936. The first-order chi connectivity index (χ1) is 8.80. The van der Waals surface area contributed by atoms with Crippen LogP contribution in [0.3, 0.4) is 0 Å². The van der Waals surface area contributed by atoms with Gasteiger partial charge >= 0.3 is 0 Å². The molecule has 0 unspecified atom stereocenters. The molecule has 18 heavy (non-hydrogen) atoms. The Morgan fingerprint density at radius 1 is 1.39 bits per heavy atom. The van der Waals surface area contributed by atoms with Gasteiger partial charge in [-0.3, -0.25) is 0 Å². The molecule has 6 heteroatoms. The number of benzene rings is 1. The molecule has 0 amide bonds. The third-order valence-electron chi connectivity index (χ3n) is 2.58. The van der Waals surface area contributed by atoms with E-state index in [1.165, 1.54) is 0 Å². The van der Waals surface area contributed by atoms with Crippen LogP contribution in [-0.4, -0.2) is 22.1 Å². The van der Waals surface area contributed by atoms with E-state index in [1.807, 2.05) is 30.3 Å². The second-order valence-corrected chi connectivity index (χ2v) is 3.63. The van der Waals surface area contributed by atoms with Crippen molar-refractivity contribution in [2.24, 2.45) is 5.73 Å². The zero-order chi connectivity index (χ0) is 13.0. The van der Waals surface area contributed by atoms with Crippen molar-refractivity contribution in [1.82, 2.24) is 15.0 Å². The van der Waals surface area contributed by atoms with Gasteiger partial charge in [-0.1, -0.05) is 5.21 Å². The molecule has 2 aromatic rings. The lowest BCUT2D eigenvalue weighted by Crippen LogP contribution is -2.03. The van der Waals surface area contributed by atoms with Gasteiger partial charge < -0.3 is 10.5 Å². The monoisotopic (exact) mass is 243 g/mol. The Bertz CT molecular complexity index is 567. The van der Waals surface area contributed by atoms with Crippen molar-refractivity contribution in [2.75, 3.05) is 7.11 Å². The van der Waals surface area contributed by atoms with Crippen molar-refractivity contribution < 1.29 is 4.74 Å². The second-order valence-electron chi connectivity index (χ2n) is 3.63. The summed E-state index contributed by atoms with van der Waals surface area (Å²) >= 11 is 0. The number of nitrogens with two attached hydrogens (primary N) is 1. The molecule has 1 heterocycles. The molecular formula is C12H13N5O. The highest BCUT2D eigenvalue weighted by Gasteiger charge is 2.13. The Morgan fingerprint density at radius 3 is 2.67 bits per heavy atom. The van der Waals surface area contributed by atoms with Gasteiger partial charge in [0.1, 0.15) is 18.0 Å². The Kier molecular flexibility index (Phi) is 3.55. The SMILES string of the molecule is COc1ccc(-c2c(CN)nnn2CC#N)cc1. The molecular weight excluding hydrogens is 230 g/mol. The summed E-state index contributed by atoms with van der Waals surface area (Å²) < 4.78 is 6.65. The van der Waals surface area contributed by atoms with Crippen LogP contribution in [0.4, 0.5) is 0 Å². The number of methoxy groups -OCH3 is 1. The minimum absolute atomic E-state index is 0.147. The highest BCUT2D eigenvalue weighted by atomic mass is 16.5. The van der Waals surface area contributed by atoms with Gasteiger partial charge in [-0.2, -0.15) is 5.26 Å². The van der Waals surface area contributed by atoms with Gasteiger partial charge in [-0.15, -0.1) is 5.10 Å². The van der Waals surface area contributed by atoms with Crippen LogP contribution in [0.15, 0.2) is 24.3 Å². The van der Waals surface area contributed by atoms with E-state index in [0.29, 0.717) is 5.69 Å². The number of hydrogen-bond acceptors (Lipinski definition) is 5. The molecule has 0 radical (unpaired) electrons. The van der Waals surface area contributed by atoms with Gasteiger partial charge in [0.25, 0.3) is 0 Å². The smallest absolute Gasteiger partial charge is 0.130 e. The van der Waals surface area contributed by atoms with Gasteiger partial charge in [0, 0.05) is 12.1 Å². The van der Waals surface area contributed by atoms with Crippen molar-refractivity contribution in [2.45, 2.75) is 13.1 Å². The van der Waals surface area contributed by atoms with E-state index in [4.69, 9.17) is 15.7 Å². The first-order valence-corrected chi connectivity index (χ1v) is 5.44. The molecule has 0 aliphatic rings. The molecule has 0 atom stereocenters. The fraction of sp³-hybridized carbons (Fsp3) is 0.250. The molecule has 2 N–H and O–H groups in total. The minimum Gasteiger partial charge on any atom is -0.497 e. The topological polar surface area (TPSA) is 89.8 Å². The van der Waals surface area contributed by atoms with Crippen LogP contribution in [-0.2, 0) is 13.1 Å². The molecule has 0 aliphatic carbocycles. The van der Waals surface area contributed by atoms with Crippen molar-refractivity contribution >= 4 is 0 Å². The Labute approximate surface area is 105 Å². The van der Waals surface area contributed by atoms with Crippen LogP contribution < -0.4 is 10.5 Å². The number of hydrogen-bond donors (Lipinski definition) is 1. The zero-order valence-corrected chi connectivity index (χ0v) is 10.00. The van der Waals surface area contributed by atoms with Crippen molar-refractivity contribution in [1.29, 1.82) is 5.26 Å². The fourth-order valence-corrected chi connectivity index (χ4v) is 1.73. The largest absolute Gasteiger partial charge is 0.497 e. The average Bonchev–Trinajstić information content (AvgIpc) is 2.82. The van der Waals surface area contributed by atoms with Crippen LogP contribution >= 0.6 is 0 Å². The summed E-state index contributed by atoms with van der Waals surface area (Å²) in [5.41, 5.74) is 8.00. The normalized spacial score (nSPS) is 10.1. The molecule has 0 saturated carbocycles. The quantitative estimate of drug-likeness (QED) is 0.862. The van der Waals surface area contributed by atoms with E-state index >= 15 is 0 Å². The lowest BCUT2D eigenvalue weighted by atomic mass is 10.1. The highest BCUT2D eigenvalue weighted by molar-refractivity contribution is 5.62. The van der Waals surface area contributed by atoms with E-state index in [0.717, 1.165) is 17.0 Å². The maximum Gasteiger partial charge on any atom is 0.130 e. The summed E-state index contributed by atoms with van der Waals surface area (Å²) in [6.45, 7) is 0.432. The molecule has 1 aromatic carbocycles.